The molecule has 0 fully saturated rings. The number of rotatable bonds is 5. The molecule has 7 heteroatoms. The van der Waals surface area contributed by atoms with E-state index in [0.717, 1.165) is 0 Å². The van der Waals surface area contributed by atoms with Gasteiger partial charge in [0.1, 0.15) is 5.75 Å². The Bertz CT molecular complexity index is 1330. The van der Waals surface area contributed by atoms with Crippen LogP contribution in [-0.2, 0) is 10.0 Å². The van der Waals surface area contributed by atoms with E-state index in [1.165, 1.54) is 16.1 Å². The molecule has 4 aromatic rings. The third-order valence-electron chi connectivity index (χ3n) is 4.73. The van der Waals surface area contributed by atoms with Crippen LogP contribution in [0.15, 0.2) is 77.7 Å². The van der Waals surface area contributed by atoms with Crippen molar-refractivity contribution in [3.63, 3.8) is 0 Å². The minimum Gasteiger partial charge on any atom is -0.497 e. The summed E-state index contributed by atoms with van der Waals surface area (Å²) in [5.74, 6) is 0.599. The van der Waals surface area contributed by atoms with Gasteiger partial charge in [-0.3, -0.25) is 4.79 Å². The van der Waals surface area contributed by atoms with Crippen molar-refractivity contribution in [2.75, 3.05) is 12.8 Å². The summed E-state index contributed by atoms with van der Waals surface area (Å²) >= 11 is 0. The van der Waals surface area contributed by atoms with E-state index in [0.29, 0.717) is 45.4 Å². The van der Waals surface area contributed by atoms with Crippen molar-refractivity contribution in [2.45, 2.75) is 4.90 Å². The van der Waals surface area contributed by atoms with E-state index in [4.69, 9.17) is 10.5 Å². The summed E-state index contributed by atoms with van der Waals surface area (Å²) < 4.78 is 33.6. The smallest absolute Gasteiger partial charge is 0.268 e. The van der Waals surface area contributed by atoms with Crippen molar-refractivity contribution in [2.24, 2.45) is 0 Å². The Morgan fingerprint density at radius 2 is 1.72 bits per heavy atom. The van der Waals surface area contributed by atoms with Crippen LogP contribution < -0.4 is 10.5 Å². The second-order valence-electron chi connectivity index (χ2n) is 6.50. The van der Waals surface area contributed by atoms with E-state index < -0.39 is 10.0 Å². The van der Waals surface area contributed by atoms with Gasteiger partial charge in [0.25, 0.3) is 10.0 Å². The number of benzene rings is 3. The Balaban J connectivity index is 2.12. The topological polar surface area (TPSA) is 91.4 Å². The van der Waals surface area contributed by atoms with Crippen molar-refractivity contribution in [1.29, 1.82) is 0 Å². The zero-order valence-corrected chi connectivity index (χ0v) is 16.4. The Hall–Kier alpha value is -3.58. The molecule has 0 amide bonds. The molecule has 1 heterocycles. The first kappa shape index (κ1) is 18.8. The Kier molecular flexibility index (Phi) is 4.60. The highest BCUT2D eigenvalue weighted by atomic mass is 32.2. The lowest BCUT2D eigenvalue weighted by molar-refractivity contribution is 0.112. The third kappa shape index (κ3) is 3.15. The second kappa shape index (κ2) is 7.10. The van der Waals surface area contributed by atoms with E-state index in [1.54, 1.807) is 67.8 Å². The zero-order chi connectivity index (χ0) is 20.6. The number of nitrogens with two attached hydrogens (primary N) is 1. The maximum atomic E-state index is 13.6. The van der Waals surface area contributed by atoms with Gasteiger partial charge in [0.05, 0.1) is 23.2 Å². The second-order valence-corrected chi connectivity index (χ2v) is 8.29. The largest absolute Gasteiger partial charge is 0.497 e. The molecule has 1 aromatic heterocycles. The van der Waals surface area contributed by atoms with Crippen LogP contribution in [-0.4, -0.2) is 25.8 Å². The van der Waals surface area contributed by atoms with Gasteiger partial charge in [-0.05, 0) is 54.6 Å². The molecule has 0 aliphatic rings. The van der Waals surface area contributed by atoms with Crippen molar-refractivity contribution >= 4 is 32.9 Å². The van der Waals surface area contributed by atoms with Crippen LogP contribution >= 0.6 is 0 Å². The lowest BCUT2D eigenvalue weighted by atomic mass is 10.0. The Labute approximate surface area is 168 Å². The van der Waals surface area contributed by atoms with Crippen LogP contribution in [0.3, 0.4) is 0 Å². The molecule has 2 N–H and O–H groups in total. The summed E-state index contributed by atoms with van der Waals surface area (Å²) in [4.78, 5) is 11.8. The predicted molar refractivity (Wildman–Crippen MR) is 113 cm³/mol. The maximum Gasteiger partial charge on any atom is 0.268 e. The van der Waals surface area contributed by atoms with E-state index in [2.05, 4.69) is 0 Å². The van der Waals surface area contributed by atoms with Crippen molar-refractivity contribution < 1.29 is 17.9 Å². The van der Waals surface area contributed by atoms with Gasteiger partial charge in [-0.25, -0.2) is 12.4 Å². The molecule has 0 bridgehead atoms. The molecule has 0 unspecified atom stereocenters. The molecule has 0 aliphatic carbocycles. The molecule has 146 valence electrons. The van der Waals surface area contributed by atoms with Crippen LogP contribution in [0.5, 0.6) is 5.75 Å². The van der Waals surface area contributed by atoms with E-state index >= 15 is 0 Å². The van der Waals surface area contributed by atoms with E-state index in [1.807, 2.05) is 0 Å². The first-order valence-corrected chi connectivity index (χ1v) is 10.2. The van der Waals surface area contributed by atoms with Crippen molar-refractivity contribution in [1.82, 2.24) is 3.97 Å². The fourth-order valence-corrected chi connectivity index (χ4v) is 4.89. The normalized spacial score (nSPS) is 11.5. The summed E-state index contributed by atoms with van der Waals surface area (Å²) in [6.07, 6.45) is 0.687. The maximum absolute atomic E-state index is 13.6. The standard InChI is InChI=1S/C22H18N2O4S/c1-28-18-9-10-21-16(11-18)12-22(20-13-17(23)8-7-15(20)14-25)24(21)29(26,27)19-5-3-2-4-6-19/h2-14H,23H2,1H3. The van der Waals surface area contributed by atoms with Crippen LogP contribution in [0.4, 0.5) is 5.69 Å². The Morgan fingerprint density at radius 3 is 2.41 bits per heavy atom. The molecule has 0 spiro atoms. The zero-order valence-electron chi connectivity index (χ0n) is 15.6. The molecule has 0 radical (unpaired) electrons. The summed E-state index contributed by atoms with van der Waals surface area (Å²) in [5, 5.41) is 0.665. The highest BCUT2D eigenvalue weighted by molar-refractivity contribution is 7.90. The van der Waals surface area contributed by atoms with Crippen molar-refractivity contribution in [3.05, 3.63) is 78.4 Å². The number of nitrogen functional groups attached to an aromatic ring is 1. The Morgan fingerprint density at radius 1 is 0.966 bits per heavy atom. The first-order chi connectivity index (χ1) is 14.0. The molecule has 0 saturated heterocycles. The van der Waals surface area contributed by atoms with Gasteiger partial charge in [0.2, 0.25) is 0 Å². The summed E-state index contributed by atoms with van der Waals surface area (Å²) in [6, 6.07) is 19.8. The number of carbonyl (C=O) groups excluding carboxylic acids is 1. The van der Waals surface area contributed by atoms with Crippen LogP contribution in [0, 0.1) is 0 Å². The number of anilines is 1. The van der Waals surface area contributed by atoms with Gasteiger partial charge in [0, 0.05) is 22.2 Å². The fraction of sp³-hybridized carbons (Fsp3) is 0.0455. The monoisotopic (exact) mass is 406 g/mol. The van der Waals surface area contributed by atoms with Gasteiger partial charge in [-0.1, -0.05) is 18.2 Å². The number of methoxy groups -OCH3 is 1. The first-order valence-electron chi connectivity index (χ1n) is 8.81. The number of fused-ring (bicyclic) bond motifs is 1. The lowest BCUT2D eigenvalue weighted by Crippen LogP contribution is -2.14. The number of aromatic nitrogens is 1. The average molecular weight is 406 g/mol. The summed E-state index contributed by atoms with van der Waals surface area (Å²) in [5.41, 5.74) is 7.98. The van der Waals surface area contributed by atoms with Crippen LogP contribution in [0.25, 0.3) is 22.2 Å². The van der Waals surface area contributed by atoms with Gasteiger partial charge < -0.3 is 10.5 Å². The molecule has 29 heavy (non-hydrogen) atoms. The van der Waals surface area contributed by atoms with E-state index in [9.17, 15) is 13.2 Å². The molecule has 0 aliphatic heterocycles. The summed E-state index contributed by atoms with van der Waals surface area (Å²) in [6.45, 7) is 0. The van der Waals surface area contributed by atoms with Gasteiger partial charge in [-0.2, -0.15) is 0 Å². The number of hydrogen-bond donors (Lipinski definition) is 1. The molecule has 3 aromatic carbocycles. The number of carbonyl (C=O) groups is 1. The highest BCUT2D eigenvalue weighted by Gasteiger charge is 2.25. The lowest BCUT2D eigenvalue weighted by Gasteiger charge is -2.14. The SMILES string of the molecule is COc1ccc2c(c1)cc(-c1cc(N)ccc1C=O)n2S(=O)(=O)c1ccccc1. The fourth-order valence-electron chi connectivity index (χ4n) is 3.34. The molecule has 0 atom stereocenters. The third-order valence-corrected chi connectivity index (χ3v) is 6.47. The minimum atomic E-state index is -3.94. The molecule has 6 nitrogen and oxygen atoms in total. The van der Waals surface area contributed by atoms with E-state index in [-0.39, 0.29) is 4.90 Å². The van der Waals surface area contributed by atoms with Gasteiger partial charge in [0.15, 0.2) is 6.29 Å². The predicted octanol–water partition coefficient (Wildman–Crippen LogP) is 3.95. The highest BCUT2D eigenvalue weighted by Crippen LogP contribution is 2.35. The molecule has 0 saturated carbocycles. The van der Waals surface area contributed by atoms with Crippen LogP contribution in [0.1, 0.15) is 10.4 Å². The quantitative estimate of drug-likeness (QED) is 0.400. The molecular formula is C22H18N2O4S. The van der Waals surface area contributed by atoms with Crippen molar-refractivity contribution in [3.8, 4) is 17.0 Å². The number of hydrogen-bond acceptors (Lipinski definition) is 5. The average Bonchev–Trinajstić information content (AvgIpc) is 3.13. The molecule has 4 rings (SSSR count). The van der Waals surface area contributed by atoms with Gasteiger partial charge >= 0.3 is 0 Å². The van der Waals surface area contributed by atoms with Gasteiger partial charge in [-0.15, -0.1) is 0 Å². The molecular weight excluding hydrogens is 388 g/mol. The minimum absolute atomic E-state index is 0.145. The summed E-state index contributed by atoms with van der Waals surface area (Å²) in [7, 11) is -2.40. The number of aldehydes is 1. The van der Waals surface area contributed by atoms with Crippen LogP contribution in [0.2, 0.25) is 0 Å². The number of ether oxygens (including phenoxy) is 1. The number of nitrogens with zero attached hydrogens (tertiary/aromatic N) is 1.